The number of ether oxygens (including phenoxy) is 1. The normalized spacial score (nSPS) is 13.7. The van der Waals surface area contributed by atoms with Gasteiger partial charge in [-0.3, -0.25) is 14.2 Å². The molecule has 0 unspecified atom stereocenters. The van der Waals surface area contributed by atoms with Crippen LogP contribution in [0.1, 0.15) is 36.3 Å². The second kappa shape index (κ2) is 8.11. The van der Waals surface area contributed by atoms with Crippen LogP contribution in [0.2, 0.25) is 0 Å². The van der Waals surface area contributed by atoms with Crippen molar-refractivity contribution in [2.75, 3.05) is 7.11 Å². The maximum Gasteiger partial charge on any atom is 0.278 e. The van der Waals surface area contributed by atoms with E-state index in [-0.39, 0.29) is 18.0 Å². The van der Waals surface area contributed by atoms with E-state index in [9.17, 15) is 9.59 Å². The molecule has 1 aliphatic rings. The predicted molar refractivity (Wildman–Crippen MR) is 111 cm³/mol. The maximum absolute atomic E-state index is 13.1. The molecule has 2 aromatic heterocycles. The predicted octanol–water partition coefficient (Wildman–Crippen LogP) is 2.56. The van der Waals surface area contributed by atoms with Gasteiger partial charge in [-0.25, -0.2) is 4.98 Å². The van der Waals surface area contributed by atoms with Crippen LogP contribution in [-0.4, -0.2) is 27.1 Å². The molecule has 0 aliphatic carbocycles. The molecule has 7 nitrogen and oxygen atoms in total. The summed E-state index contributed by atoms with van der Waals surface area (Å²) in [4.78, 5) is 30.5. The van der Waals surface area contributed by atoms with E-state index in [1.54, 1.807) is 16.2 Å². The number of rotatable bonds is 5. The highest BCUT2D eigenvalue weighted by molar-refractivity contribution is 5.81. The van der Waals surface area contributed by atoms with Crippen LogP contribution in [0.25, 0.3) is 11.0 Å². The molecule has 3 heterocycles. The SMILES string of the molecule is COc1cccc(CNC(=O)Cn2c(C)cc3nc4n(c(=O)c32)CCCCC4)c1. The molecule has 0 bridgehead atoms. The maximum atomic E-state index is 13.1. The Labute approximate surface area is 169 Å². The van der Waals surface area contributed by atoms with E-state index < -0.39 is 0 Å². The quantitative estimate of drug-likeness (QED) is 0.721. The molecule has 0 spiro atoms. The third-order valence-electron chi connectivity index (χ3n) is 5.50. The van der Waals surface area contributed by atoms with Gasteiger partial charge in [0.25, 0.3) is 5.56 Å². The zero-order chi connectivity index (χ0) is 20.4. The van der Waals surface area contributed by atoms with Gasteiger partial charge in [-0.05, 0) is 43.5 Å². The van der Waals surface area contributed by atoms with Crippen LogP contribution in [0.15, 0.2) is 35.1 Å². The molecule has 1 aromatic carbocycles. The minimum Gasteiger partial charge on any atom is -0.497 e. The van der Waals surface area contributed by atoms with Crippen LogP contribution in [0.3, 0.4) is 0 Å². The summed E-state index contributed by atoms with van der Waals surface area (Å²) in [6.45, 7) is 3.10. The first kappa shape index (κ1) is 19.2. The largest absolute Gasteiger partial charge is 0.497 e. The first-order chi connectivity index (χ1) is 14.1. The number of aryl methyl sites for hydroxylation is 2. The summed E-state index contributed by atoms with van der Waals surface area (Å²) in [5.74, 6) is 1.47. The van der Waals surface area contributed by atoms with Crippen molar-refractivity contribution in [2.24, 2.45) is 0 Å². The molecule has 3 aromatic rings. The van der Waals surface area contributed by atoms with Gasteiger partial charge in [0.2, 0.25) is 5.91 Å². The summed E-state index contributed by atoms with van der Waals surface area (Å²) in [7, 11) is 1.62. The summed E-state index contributed by atoms with van der Waals surface area (Å²) in [6, 6.07) is 9.48. The smallest absolute Gasteiger partial charge is 0.278 e. The monoisotopic (exact) mass is 394 g/mol. The standard InChI is InChI=1S/C22H26N4O3/c1-15-11-18-21(22(28)25-10-5-3-4-9-19(25)24-18)26(15)14-20(27)23-13-16-7-6-8-17(12-16)29-2/h6-8,11-12H,3-5,9-10,13-14H2,1-2H3,(H,23,27). The number of carbonyl (C=O) groups is 1. The van der Waals surface area contributed by atoms with Crippen LogP contribution < -0.4 is 15.6 Å². The number of aromatic nitrogens is 3. The lowest BCUT2D eigenvalue weighted by atomic mass is 10.2. The van der Waals surface area contributed by atoms with E-state index in [1.807, 2.05) is 37.3 Å². The lowest BCUT2D eigenvalue weighted by Gasteiger charge is -2.12. The van der Waals surface area contributed by atoms with Crippen LogP contribution in [0.5, 0.6) is 5.75 Å². The van der Waals surface area contributed by atoms with Gasteiger partial charge >= 0.3 is 0 Å². The summed E-state index contributed by atoms with van der Waals surface area (Å²) in [5.41, 5.74) is 2.98. The van der Waals surface area contributed by atoms with E-state index in [0.717, 1.165) is 48.5 Å². The number of nitrogens with zero attached hydrogens (tertiary/aromatic N) is 3. The number of carbonyl (C=O) groups excluding carboxylic acids is 1. The third kappa shape index (κ3) is 3.90. The number of benzene rings is 1. The molecule has 0 atom stereocenters. The van der Waals surface area contributed by atoms with E-state index in [4.69, 9.17) is 9.72 Å². The van der Waals surface area contributed by atoms with Crippen LogP contribution in [0, 0.1) is 6.92 Å². The Kier molecular flexibility index (Phi) is 5.38. The van der Waals surface area contributed by atoms with Gasteiger partial charge < -0.3 is 14.6 Å². The molecule has 4 rings (SSSR count). The fourth-order valence-electron chi connectivity index (χ4n) is 3.95. The summed E-state index contributed by atoms with van der Waals surface area (Å²) < 4.78 is 8.79. The van der Waals surface area contributed by atoms with Gasteiger partial charge in [0, 0.05) is 25.2 Å². The number of nitrogens with one attached hydrogen (secondary N) is 1. The average Bonchev–Trinajstić information content (AvgIpc) is 2.88. The van der Waals surface area contributed by atoms with Crippen LogP contribution in [-0.2, 0) is 30.8 Å². The lowest BCUT2D eigenvalue weighted by Crippen LogP contribution is -2.30. The van der Waals surface area contributed by atoms with Crippen molar-refractivity contribution in [1.29, 1.82) is 0 Å². The molecule has 0 saturated heterocycles. The fourth-order valence-corrected chi connectivity index (χ4v) is 3.95. The average molecular weight is 394 g/mol. The van der Waals surface area contributed by atoms with Gasteiger partial charge in [0.15, 0.2) is 0 Å². The summed E-state index contributed by atoms with van der Waals surface area (Å²) in [6.07, 6.45) is 3.99. The summed E-state index contributed by atoms with van der Waals surface area (Å²) in [5, 5.41) is 2.93. The molecule has 0 radical (unpaired) electrons. The van der Waals surface area contributed by atoms with Gasteiger partial charge in [0.1, 0.15) is 23.6 Å². The highest BCUT2D eigenvalue weighted by atomic mass is 16.5. The van der Waals surface area contributed by atoms with E-state index >= 15 is 0 Å². The zero-order valence-electron chi connectivity index (χ0n) is 16.9. The number of fused-ring (bicyclic) bond motifs is 2. The molecule has 0 fully saturated rings. The highest BCUT2D eigenvalue weighted by Gasteiger charge is 2.19. The Bertz CT molecular complexity index is 1110. The molecular weight excluding hydrogens is 368 g/mol. The van der Waals surface area contributed by atoms with E-state index in [2.05, 4.69) is 5.32 Å². The molecule has 152 valence electrons. The van der Waals surface area contributed by atoms with Crippen molar-refractivity contribution in [3.63, 3.8) is 0 Å². The Morgan fingerprint density at radius 1 is 1.24 bits per heavy atom. The van der Waals surface area contributed by atoms with Crippen molar-refractivity contribution in [1.82, 2.24) is 19.4 Å². The lowest BCUT2D eigenvalue weighted by molar-refractivity contribution is -0.121. The highest BCUT2D eigenvalue weighted by Crippen LogP contribution is 2.18. The van der Waals surface area contributed by atoms with Gasteiger partial charge in [-0.2, -0.15) is 0 Å². The molecule has 1 aliphatic heterocycles. The van der Waals surface area contributed by atoms with Crippen molar-refractivity contribution in [3.05, 3.63) is 57.8 Å². The topological polar surface area (TPSA) is 78.2 Å². The third-order valence-corrected chi connectivity index (χ3v) is 5.50. The van der Waals surface area contributed by atoms with Crippen molar-refractivity contribution in [2.45, 2.75) is 52.2 Å². The van der Waals surface area contributed by atoms with Crippen molar-refractivity contribution >= 4 is 16.9 Å². The summed E-state index contributed by atoms with van der Waals surface area (Å²) >= 11 is 0. The number of hydrogen-bond donors (Lipinski definition) is 1. The Balaban J connectivity index is 1.57. The Morgan fingerprint density at radius 3 is 2.93 bits per heavy atom. The molecule has 0 saturated carbocycles. The first-order valence-electron chi connectivity index (χ1n) is 10.1. The number of hydrogen-bond acceptors (Lipinski definition) is 4. The number of methoxy groups -OCH3 is 1. The van der Waals surface area contributed by atoms with Crippen molar-refractivity contribution < 1.29 is 9.53 Å². The van der Waals surface area contributed by atoms with Crippen LogP contribution >= 0.6 is 0 Å². The Morgan fingerprint density at radius 2 is 2.10 bits per heavy atom. The second-order valence-electron chi connectivity index (χ2n) is 7.53. The van der Waals surface area contributed by atoms with Crippen molar-refractivity contribution in [3.8, 4) is 5.75 Å². The molecule has 1 amide bonds. The minimum atomic E-state index is -0.146. The molecular formula is C22H26N4O3. The first-order valence-corrected chi connectivity index (χ1v) is 10.1. The molecule has 29 heavy (non-hydrogen) atoms. The molecule has 7 heteroatoms. The van der Waals surface area contributed by atoms with Gasteiger partial charge in [-0.1, -0.05) is 18.6 Å². The van der Waals surface area contributed by atoms with E-state index in [0.29, 0.717) is 24.1 Å². The van der Waals surface area contributed by atoms with Crippen LogP contribution in [0.4, 0.5) is 0 Å². The number of amides is 1. The minimum absolute atomic E-state index is 0.0411. The zero-order valence-corrected chi connectivity index (χ0v) is 16.9. The molecule has 1 N–H and O–H groups in total. The fraction of sp³-hybridized carbons (Fsp3) is 0.409. The van der Waals surface area contributed by atoms with Gasteiger partial charge in [0.05, 0.1) is 12.6 Å². The second-order valence-corrected chi connectivity index (χ2v) is 7.53. The van der Waals surface area contributed by atoms with E-state index in [1.165, 1.54) is 0 Å². The Hall–Kier alpha value is -3.09. The van der Waals surface area contributed by atoms with Gasteiger partial charge in [-0.15, -0.1) is 0 Å².